The van der Waals surface area contributed by atoms with E-state index in [2.05, 4.69) is 10.3 Å². The maximum atomic E-state index is 13.7. The third-order valence-corrected chi connectivity index (χ3v) is 5.98. The van der Waals surface area contributed by atoms with Gasteiger partial charge in [0.05, 0.1) is 48.9 Å². The number of nitrogens with zero attached hydrogens (tertiary/aromatic N) is 4. The molecule has 0 amide bonds. The number of methoxy groups -OCH3 is 1. The minimum atomic E-state index is -0.917. The molecule has 1 N–H and O–H groups in total. The van der Waals surface area contributed by atoms with Crippen molar-refractivity contribution in [3.63, 3.8) is 0 Å². The molecule has 9 nitrogen and oxygen atoms in total. The Morgan fingerprint density at radius 2 is 1.94 bits per heavy atom. The molecule has 2 atom stereocenters. The van der Waals surface area contributed by atoms with Crippen molar-refractivity contribution in [2.45, 2.75) is 51.3 Å². The maximum absolute atomic E-state index is 13.7. The van der Waals surface area contributed by atoms with Crippen molar-refractivity contribution in [2.75, 3.05) is 25.6 Å². The van der Waals surface area contributed by atoms with Gasteiger partial charge in [0.15, 0.2) is 0 Å². The summed E-state index contributed by atoms with van der Waals surface area (Å²) in [5, 5.41) is 3.21. The van der Waals surface area contributed by atoms with E-state index in [1.54, 1.807) is 36.2 Å². The van der Waals surface area contributed by atoms with Gasteiger partial charge in [-0.2, -0.15) is 0 Å². The zero-order valence-corrected chi connectivity index (χ0v) is 19.7. The molecule has 180 valence electrons. The predicted octanol–water partition coefficient (Wildman–Crippen LogP) is 2.90. The van der Waals surface area contributed by atoms with Crippen LogP contribution in [0.3, 0.4) is 0 Å². The van der Waals surface area contributed by atoms with Crippen LogP contribution >= 0.6 is 0 Å². The van der Waals surface area contributed by atoms with Crippen molar-refractivity contribution in [1.82, 2.24) is 19.3 Å². The topological polar surface area (TPSA) is 92.4 Å². The molecule has 1 aromatic carbocycles. The van der Waals surface area contributed by atoms with Gasteiger partial charge in [-0.3, -0.25) is 9.48 Å². The average molecular weight is 470 g/mol. The number of ether oxygens (including phenoxy) is 3. The second-order valence-electron chi connectivity index (χ2n) is 9.48. The van der Waals surface area contributed by atoms with Crippen LogP contribution < -0.4 is 10.9 Å². The van der Waals surface area contributed by atoms with E-state index in [1.807, 2.05) is 25.5 Å². The normalized spacial score (nSPS) is 21.7. The van der Waals surface area contributed by atoms with E-state index in [9.17, 15) is 9.18 Å². The first-order valence-electron chi connectivity index (χ1n) is 11.2. The molecule has 2 aliphatic heterocycles. The van der Waals surface area contributed by atoms with Gasteiger partial charge >= 0.3 is 0 Å². The van der Waals surface area contributed by atoms with Crippen molar-refractivity contribution in [1.29, 1.82) is 0 Å². The van der Waals surface area contributed by atoms with Gasteiger partial charge in [-0.15, -0.1) is 0 Å². The number of hydrogen-bond acceptors (Lipinski definition) is 7. The fraction of sp³-hybridized carbons (Fsp3) is 0.458. The summed E-state index contributed by atoms with van der Waals surface area (Å²) in [5.74, 6) is -0.867. The number of nitrogens with one attached hydrogen (secondary N) is 1. The molecular formula is C24H28FN5O4. The molecule has 4 heterocycles. The second-order valence-corrected chi connectivity index (χ2v) is 9.48. The maximum Gasteiger partial charge on any atom is 0.275 e. The van der Waals surface area contributed by atoms with Gasteiger partial charge in [-0.25, -0.2) is 19.0 Å². The smallest absolute Gasteiger partial charge is 0.275 e. The first-order valence-corrected chi connectivity index (χ1v) is 11.2. The highest BCUT2D eigenvalue weighted by Crippen LogP contribution is 2.40. The van der Waals surface area contributed by atoms with E-state index in [0.717, 1.165) is 0 Å². The van der Waals surface area contributed by atoms with Gasteiger partial charge in [0, 0.05) is 19.3 Å². The van der Waals surface area contributed by atoms with Crippen LogP contribution in [0.5, 0.6) is 0 Å². The van der Waals surface area contributed by atoms with Crippen molar-refractivity contribution < 1.29 is 18.6 Å². The highest BCUT2D eigenvalue weighted by Gasteiger charge is 2.51. The standard InChI is InChI=1S/C24H28FN5O4/c1-15(11-32-4)27-22-26-10-9-18(28-22)20-19(16-5-7-17(25)8-6-16)21(31)30-13-24(12-29(20)30)33-14-23(2,3)34-24/h5-10,15H,11-14H2,1-4H3,(H,26,27,28)/t15-,24?/m0/s1. The van der Waals surface area contributed by atoms with Crippen LogP contribution in [-0.2, 0) is 27.3 Å². The van der Waals surface area contributed by atoms with Crippen molar-refractivity contribution in [3.8, 4) is 22.5 Å². The number of aromatic nitrogens is 4. The van der Waals surface area contributed by atoms with E-state index < -0.39 is 11.4 Å². The Bertz CT molecular complexity index is 1270. The zero-order valence-electron chi connectivity index (χ0n) is 19.7. The lowest BCUT2D eigenvalue weighted by Crippen LogP contribution is -2.36. The molecule has 1 spiro atoms. The molecule has 34 heavy (non-hydrogen) atoms. The van der Waals surface area contributed by atoms with Crippen molar-refractivity contribution in [3.05, 3.63) is 52.7 Å². The van der Waals surface area contributed by atoms with Crippen LogP contribution in [-0.4, -0.2) is 57.1 Å². The van der Waals surface area contributed by atoms with Crippen molar-refractivity contribution >= 4 is 5.95 Å². The summed E-state index contributed by atoms with van der Waals surface area (Å²) in [4.78, 5) is 22.7. The van der Waals surface area contributed by atoms with Gasteiger partial charge in [-0.1, -0.05) is 12.1 Å². The monoisotopic (exact) mass is 469 g/mol. The Kier molecular flexibility index (Phi) is 5.54. The summed E-state index contributed by atoms with van der Waals surface area (Å²) in [6.07, 6.45) is 1.64. The van der Waals surface area contributed by atoms with Gasteiger partial charge in [0.1, 0.15) is 5.82 Å². The Morgan fingerprint density at radius 1 is 1.21 bits per heavy atom. The zero-order chi connectivity index (χ0) is 24.1. The van der Waals surface area contributed by atoms with Crippen LogP contribution in [0, 0.1) is 5.82 Å². The lowest BCUT2D eigenvalue weighted by atomic mass is 10.0. The molecule has 1 unspecified atom stereocenters. The van der Waals surface area contributed by atoms with E-state index in [-0.39, 0.29) is 24.0 Å². The summed E-state index contributed by atoms with van der Waals surface area (Å²) >= 11 is 0. The van der Waals surface area contributed by atoms with Crippen molar-refractivity contribution in [2.24, 2.45) is 0 Å². The van der Waals surface area contributed by atoms with E-state index in [0.29, 0.717) is 48.2 Å². The summed E-state index contributed by atoms with van der Waals surface area (Å²) < 4.78 is 34.6. The SMILES string of the molecule is COC[C@H](C)Nc1nccc(-c2c(-c3ccc(F)cc3)c(=O)n3n2CC2(C3)OCC(C)(C)O2)n1. The molecule has 1 saturated heterocycles. The molecule has 0 saturated carbocycles. The molecule has 3 aromatic rings. The number of rotatable bonds is 6. The van der Waals surface area contributed by atoms with Crippen LogP contribution in [0.1, 0.15) is 20.8 Å². The number of fused-ring (bicyclic) bond motifs is 1. The quantitative estimate of drug-likeness (QED) is 0.593. The average Bonchev–Trinajstić information content (AvgIpc) is 3.38. The highest BCUT2D eigenvalue weighted by molar-refractivity contribution is 5.79. The van der Waals surface area contributed by atoms with Crippen LogP contribution in [0.15, 0.2) is 41.3 Å². The molecular weight excluding hydrogens is 441 g/mol. The molecule has 0 aliphatic carbocycles. The fourth-order valence-electron chi connectivity index (χ4n) is 4.65. The summed E-state index contributed by atoms with van der Waals surface area (Å²) in [5.41, 5.74) is 1.57. The number of hydrogen-bond donors (Lipinski definition) is 1. The van der Waals surface area contributed by atoms with E-state index in [4.69, 9.17) is 19.2 Å². The largest absolute Gasteiger partial charge is 0.383 e. The Hall–Kier alpha value is -3.08. The van der Waals surface area contributed by atoms with E-state index >= 15 is 0 Å². The minimum Gasteiger partial charge on any atom is -0.383 e. The molecule has 2 aromatic heterocycles. The molecule has 10 heteroatoms. The first kappa shape index (κ1) is 22.7. The Balaban J connectivity index is 1.63. The molecule has 2 aliphatic rings. The summed E-state index contributed by atoms with van der Waals surface area (Å²) in [7, 11) is 1.63. The number of benzene rings is 1. The minimum absolute atomic E-state index is 0.00918. The first-order chi connectivity index (χ1) is 16.2. The third-order valence-electron chi connectivity index (χ3n) is 5.98. The molecule has 0 bridgehead atoms. The van der Waals surface area contributed by atoms with E-state index in [1.165, 1.54) is 12.1 Å². The highest BCUT2D eigenvalue weighted by atomic mass is 19.1. The van der Waals surface area contributed by atoms with Gasteiger partial charge in [-0.05, 0) is 44.5 Å². The summed E-state index contributed by atoms with van der Waals surface area (Å²) in [6.45, 7) is 7.40. The van der Waals surface area contributed by atoms with Crippen LogP contribution in [0.25, 0.3) is 22.5 Å². The lowest BCUT2D eigenvalue weighted by molar-refractivity contribution is -0.182. The van der Waals surface area contributed by atoms with Gasteiger partial charge in [0.25, 0.3) is 5.56 Å². The summed E-state index contributed by atoms with van der Waals surface area (Å²) in [6, 6.07) is 7.65. The second kappa shape index (κ2) is 8.30. The third kappa shape index (κ3) is 4.02. The van der Waals surface area contributed by atoms with Gasteiger partial charge < -0.3 is 19.5 Å². The number of anilines is 1. The fourth-order valence-corrected chi connectivity index (χ4v) is 4.65. The Morgan fingerprint density at radius 3 is 2.62 bits per heavy atom. The predicted molar refractivity (Wildman–Crippen MR) is 124 cm³/mol. The Labute approximate surface area is 196 Å². The molecule has 0 radical (unpaired) electrons. The number of halogens is 1. The van der Waals surface area contributed by atoms with Crippen LogP contribution in [0.2, 0.25) is 0 Å². The molecule has 1 fully saturated rings. The van der Waals surface area contributed by atoms with Gasteiger partial charge in [0.2, 0.25) is 11.7 Å². The van der Waals surface area contributed by atoms with Crippen LogP contribution in [0.4, 0.5) is 10.3 Å². The lowest BCUT2D eigenvalue weighted by Gasteiger charge is -2.23. The molecule has 5 rings (SSSR count).